The van der Waals surface area contributed by atoms with Gasteiger partial charge in [-0.25, -0.2) is 0 Å². The zero-order valence-electron chi connectivity index (χ0n) is 9.73. The summed E-state index contributed by atoms with van der Waals surface area (Å²) in [7, 11) is 0. The van der Waals surface area contributed by atoms with Gasteiger partial charge in [-0.1, -0.05) is 42.0 Å². The second-order valence-corrected chi connectivity index (χ2v) is 3.91. The third-order valence-electron chi connectivity index (χ3n) is 2.23. The number of allylic oxidation sites excluding steroid dienone is 1. The summed E-state index contributed by atoms with van der Waals surface area (Å²) in [6.45, 7) is 4.51. The van der Waals surface area contributed by atoms with Crippen molar-refractivity contribution < 1.29 is 4.79 Å². The number of benzene rings is 1. The highest BCUT2D eigenvalue weighted by molar-refractivity contribution is 5.82. The Kier molecular flexibility index (Phi) is 4.73. The first kappa shape index (κ1) is 12.5. The fraction of sp³-hybridized carbons (Fsp3) is 0.308. The summed E-state index contributed by atoms with van der Waals surface area (Å²) in [6.07, 6.45) is 1.95. The Labute approximate surface area is 96.3 Å². The fourth-order valence-electron chi connectivity index (χ4n) is 1.28. The van der Waals surface area contributed by atoms with E-state index in [-0.39, 0.29) is 5.91 Å². The van der Waals surface area contributed by atoms with Crippen molar-refractivity contribution in [2.75, 3.05) is 6.54 Å². The van der Waals surface area contributed by atoms with Crippen LogP contribution in [0.5, 0.6) is 0 Å². The molecular weight excluding hydrogens is 200 g/mol. The molecular formula is C13H18N2O. The predicted molar refractivity (Wildman–Crippen MR) is 65.8 cm³/mol. The van der Waals surface area contributed by atoms with Crippen LogP contribution in [-0.4, -0.2) is 12.5 Å². The van der Waals surface area contributed by atoms with Gasteiger partial charge in [0, 0.05) is 6.54 Å². The van der Waals surface area contributed by atoms with E-state index in [2.05, 4.69) is 5.32 Å². The first-order valence-electron chi connectivity index (χ1n) is 5.33. The Balaban J connectivity index is 2.52. The summed E-state index contributed by atoms with van der Waals surface area (Å²) in [4.78, 5) is 11.7. The normalized spacial score (nSPS) is 11.7. The number of nitrogens with one attached hydrogen (secondary N) is 1. The molecule has 0 fully saturated rings. The number of carbonyl (C=O) groups is 1. The Morgan fingerprint density at radius 1 is 1.38 bits per heavy atom. The van der Waals surface area contributed by atoms with Gasteiger partial charge in [0.2, 0.25) is 5.91 Å². The van der Waals surface area contributed by atoms with E-state index in [1.165, 1.54) is 5.57 Å². The van der Waals surface area contributed by atoms with Crippen LogP contribution in [0.25, 0.3) is 0 Å². The van der Waals surface area contributed by atoms with Gasteiger partial charge in [-0.2, -0.15) is 0 Å². The van der Waals surface area contributed by atoms with E-state index in [1.807, 2.05) is 50.3 Å². The summed E-state index contributed by atoms with van der Waals surface area (Å²) in [5.74, 6) is -0.149. The van der Waals surface area contributed by atoms with Crippen LogP contribution in [0.2, 0.25) is 0 Å². The highest BCUT2D eigenvalue weighted by Gasteiger charge is 2.13. The fourth-order valence-corrected chi connectivity index (χ4v) is 1.28. The second kappa shape index (κ2) is 6.08. The monoisotopic (exact) mass is 218 g/mol. The Bertz CT molecular complexity index is 367. The first-order chi connectivity index (χ1) is 7.61. The lowest BCUT2D eigenvalue weighted by molar-refractivity contribution is -0.122. The molecule has 3 N–H and O–H groups in total. The second-order valence-electron chi connectivity index (χ2n) is 3.91. The van der Waals surface area contributed by atoms with E-state index in [4.69, 9.17) is 5.73 Å². The molecule has 0 bridgehead atoms. The summed E-state index contributed by atoms with van der Waals surface area (Å²) in [6, 6.07) is 8.76. The molecule has 1 rings (SSSR count). The number of rotatable bonds is 4. The lowest BCUT2D eigenvalue weighted by Crippen LogP contribution is -2.34. The molecule has 3 heteroatoms. The van der Waals surface area contributed by atoms with Crippen molar-refractivity contribution in [3.05, 3.63) is 47.5 Å². The summed E-state index contributed by atoms with van der Waals surface area (Å²) in [5, 5.41) is 2.77. The Morgan fingerprint density at radius 3 is 2.56 bits per heavy atom. The van der Waals surface area contributed by atoms with Gasteiger partial charge in [0.25, 0.3) is 0 Å². The molecule has 0 unspecified atom stereocenters. The molecule has 0 aliphatic carbocycles. The molecule has 1 atom stereocenters. The summed E-state index contributed by atoms with van der Waals surface area (Å²) in [5.41, 5.74) is 7.83. The van der Waals surface area contributed by atoms with Gasteiger partial charge in [-0.3, -0.25) is 4.79 Å². The minimum absolute atomic E-state index is 0.149. The largest absolute Gasteiger partial charge is 0.351 e. The molecule has 0 aromatic heterocycles. The molecule has 16 heavy (non-hydrogen) atoms. The van der Waals surface area contributed by atoms with Gasteiger partial charge in [-0.15, -0.1) is 0 Å². The van der Waals surface area contributed by atoms with Crippen LogP contribution in [0, 0.1) is 0 Å². The molecule has 86 valence electrons. The van der Waals surface area contributed by atoms with E-state index >= 15 is 0 Å². The van der Waals surface area contributed by atoms with Gasteiger partial charge in [0.1, 0.15) is 6.04 Å². The van der Waals surface area contributed by atoms with E-state index in [1.54, 1.807) is 0 Å². The van der Waals surface area contributed by atoms with Crippen molar-refractivity contribution in [1.82, 2.24) is 5.32 Å². The quantitative estimate of drug-likeness (QED) is 0.757. The maximum atomic E-state index is 11.7. The zero-order chi connectivity index (χ0) is 12.0. The van der Waals surface area contributed by atoms with Crippen molar-refractivity contribution >= 4 is 5.91 Å². The molecule has 0 aliphatic rings. The number of amides is 1. The molecule has 0 spiro atoms. The smallest absolute Gasteiger partial charge is 0.241 e. The maximum Gasteiger partial charge on any atom is 0.241 e. The highest BCUT2D eigenvalue weighted by atomic mass is 16.2. The van der Waals surface area contributed by atoms with Gasteiger partial charge < -0.3 is 11.1 Å². The molecule has 1 aromatic rings. The molecule has 0 saturated carbocycles. The van der Waals surface area contributed by atoms with Crippen LogP contribution >= 0.6 is 0 Å². The molecule has 1 amide bonds. The number of nitrogens with two attached hydrogens (primary N) is 1. The standard InChI is InChI=1S/C13H18N2O/c1-10(2)8-9-15-13(16)12(14)11-6-4-3-5-7-11/h3-8,12H,9,14H2,1-2H3,(H,15,16)/t12-/m1/s1. The first-order valence-corrected chi connectivity index (χ1v) is 5.33. The molecule has 0 heterocycles. The Morgan fingerprint density at radius 2 is 2.00 bits per heavy atom. The highest BCUT2D eigenvalue weighted by Crippen LogP contribution is 2.08. The lowest BCUT2D eigenvalue weighted by atomic mass is 10.1. The molecule has 3 nitrogen and oxygen atoms in total. The van der Waals surface area contributed by atoms with Crippen LogP contribution in [0.15, 0.2) is 42.0 Å². The third kappa shape index (κ3) is 3.87. The average molecular weight is 218 g/mol. The van der Waals surface area contributed by atoms with E-state index in [0.29, 0.717) is 6.54 Å². The van der Waals surface area contributed by atoms with Crippen molar-refractivity contribution in [2.45, 2.75) is 19.9 Å². The van der Waals surface area contributed by atoms with E-state index < -0.39 is 6.04 Å². The summed E-state index contributed by atoms with van der Waals surface area (Å²) < 4.78 is 0. The van der Waals surface area contributed by atoms with Crippen molar-refractivity contribution in [2.24, 2.45) is 5.73 Å². The number of hydrogen-bond donors (Lipinski definition) is 2. The van der Waals surface area contributed by atoms with Gasteiger partial charge in [0.15, 0.2) is 0 Å². The summed E-state index contributed by atoms with van der Waals surface area (Å²) >= 11 is 0. The number of hydrogen-bond acceptors (Lipinski definition) is 2. The molecule has 0 aliphatic heterocycles. The molecule has 0 saturated heterocycles. The minimum Gasteiger partial charge on any atom is -0.351 e. The molecule has 1 aromatic carbocycles. The van der Waals surface area contributed by atoms with Gasteiger partial charge in [-0.05, 0) is 19.4 Å². The zero-order valence-corrected chi connectivity index (χ0v) is 9.73. The third-order valence-corrected chi connectivity index (χ3v) is 2.23. The van der Waals surface area contributed by atoms with Crippen molar-refractivity contribution in [1.29, 1.82) is 0 Å². The van der Waals surface area contributed by atoms with Crippen LogP contribution < -0.4 is 11.1 Å². The Hall–Kier alpha value is -1.61. The van der Waals surface area contributed by atoms with E-state index in [0.717, 1.165) is 5.56 Å². The minimum atomic E-state index is -0.591. The SMILES string of the molecule is CC(C)=CCNC(=O)[C@H](N)c1ccccc1. The lowest BCUT2D eigenvalue weighted by Gasteiger charge is -2.11. The van der Waals surface area contributed by atoms with Crippen LogP contribution in [0.1, 0.15) is 25.5 Å². The number of carbonyl (C=O) groups excluding carboxylic acids is 1. The van der Waals surface area contributed by atoms with E-state index in [9.17, 15) is 4.79 Å². The molecule has 0 radical (unpaired) electrons. The van der Waals surface area contributed by atoms with Crippen LogP contribution in [0.4, 0.5) is 0 Å². The topological polar surface area (TPSA) is 55.1 Å². The van der Waals surface area contributed by atoms with Crippen LogP contribution in [-0.2, 0) is 4.79 Å². The van der Waals surface area contributed by atoms with Crippen LogP contribution in [0.3, 0.4) is 0 Å². The van der Waals surface area contributed by atoms with Gasteiger partial charge >= 0.3 is 0 Å². The van der Waals surface area contributed by atoms with Crippen molar-refractivity contribution in [3.63, 3.8) is 0 Å². The average Bonchev–Trinajstić information content (AvgIpc) is 2.28. The van der Waals surface area contributed by atoms with Gasteiger partial charge in [0.05, 0.1) is 0 Å². The van der Waals surface area contributed by atoms with Crippen molar-refractivity contribution in [3.8, 4) is 0 Å². The maximum absolute atomic E-state index is 11.7. The predicted octanol–water partition coefficient (Wildman–Crippen LogP) is 1.77.